The average Bonchev–Trinajstić information content (AvgIpc) is 3.18. The van der Waals surface area contributed by atoms with E-state index in [0.29, 0.717) is 17.9 Å². The molecule has 21 heavy (non-hydrogen) atoms. The second-order valence-electron chi connectivity index (χ2n) is 5.11. The van der Waals surface area contributed by atoms with Gasteiger partial charge in [-0.2, -0.15) is 0 Å². The fourth-order valence-electron chi connectivity index (χ4n) is 2.37. The summed E-state index contributed by atoms with van der Waals surface area (Å²) >= 11 is 5.83. The lowest BCUT2D eigenvalue weighted by atomic mass is 9.94. The lowest BCUT2D eigenvalue weighted by molar-refractivity contribution is -0.146. The van der Waals surface area contributed by atoms with Gasteiger partial charge in [0.1, 0.15) is 6.54 Å². The molecule has 7 heteroatoms. The van der Waals surface area contributed by atoms with Crippen molar-refractivity contribution >= 4 is 29.4 Å². The number of halogens is 1. The zero-order valence-corrected chi connectivity index (χ0v) is 12.0. The summed E-state index contributed by atoms with van der Waals surface area (Å²) in [5, 5.41) is 9.43. The van der Waals surface area contributed by atoms with E-state index >= 15 is 0 Å². The Hall–Kier alpha value is -2.08. The lowest BCUT2D eigenvalue weighted by Gasteiger charge is -2.25. The number of rotatable bonds is 6. The first kappa shape index (κ1) is 15.3. The number of carboxylic acid groups (broad SMARTS) is 1. The first-order chi connectivity index (χ1) is 9.85. The first-order valence-electron chi connectivity index (χ1n) is 6.41. The Morgan fingerprint density at radius 3 is 2.19 bits per heavy atom. The van der Waals surface area contributed by atoms with E-state index in [-0.39, 0.29) is 5.91 Å². The topological polar surface area (TPSA) is 101 Å². The molecule has 0 heterocycles. The van der Waals surface area contributed by atoms with Gasteiger partial charge in [0.05, 0.1) is 12.0 Å². The maximum absolute atomic E-state index is 12.6. The molecule has 1 aliphatic rings. The summed E-state index contributed by atoms with van der Waals surface area (Å²) in [5.41, 5.74) is 5.11. The predicted octanol–water partition coefficient (Wildman–Crippen LogP) is 0.770. The largest absolute Gasteiger partial charge is 0.480 e. The van der Waals surface area contributed by atoms with Crippen molar-refractivity contribution in [3.63, 3.8) is 0 Å². The number of nitrogens with zero attached hydrogens (tertiary/aromatic N) is 1. The number of carboxylic acids is 1. The number of nitrogens with two attached hydrogens (primary N) is 1. The van der Waals surface area contributed by atoms with Crippen molar-refractivity contribution in [2.24, 2.45) is 5.73 Å². The van der Waals surface area contributed by atoms with Gasteiger partial charge in [0.15, 0.2) is 0 Å². The summed E-state index contributed by atoms with van der Waals surface area (Å²) in [4.78, 5) is 35.5. The molecule has 0 atom stereocenters. The van der Waals surface area contributed by atoms with Gasteiger partial charge in [0.2, 0.25) is 11.8 Å². The van der Waals surface area contributed by atoms with Crippen molar-refractivity contribution in [1.82, 2.24) is 4.90 Å². The summed E-state index contributed by atoms with van der Waals surface area (Å²) in [5.74, 6) is -2.31. The molecule has 0 aromatic heterocycles. The fraction of sp³-hybridized carbons (Fsp3) is 0.357. The molecule has 2 rings (SSSR count). The van der Waals surface area contributed by atoms with Crippen LogP contribution in [0.15, 0.2) is 24.3 Å². The van der Waals surface area contributed by atoms with Crippen LogP contribution in [0.2, 0.25) is 5.02 Å². The van der Waals surface area contributed by atoms with Gasteiger partial charge in [-0.1, -0.05) is 23.7 Å². The number of hydrogen-bond acceptors (Lipinski definition) is 3. The standard InChI is InChI=1S/C14H15ClN2O4/c15-10-3-1-9(2-4-10)14(5-6-14)13(21)17(7-11(16)18)8-12(19)20/h1-4H,5-8H2,(H2,16,18)(H,19,20). The van der Waals surface area contributed by atoms with Crippen LogP contribution in [0.4, 0.5) is 0 Å². The number of benzene rings is 1. The van der Waals surface area contributed by atoms with E-state index in [1.165, 1.54) is 0 Å². The summed E-state index contributed by atoms with van der Waals surface area (Å²) in [7, 11) is 0. The summed E-state index contributed by atoms with van der Waals surface area (Å²) in [6.45, 7) is -0.947. The van der Waals surface area contributed by atoms with Crippen LogP contribution in [0.5, 0.6) is 0 Å². The van der Waals surface area contributed by atoms with Crippen molar-refractivity contribution in [2.45, 2.75) is 18.3 Å². The van der Waals surface area contributed by atoms with Crippen LogP contribution in [0.1, 0.15) is 18.4 Å². The number of aliphatic carboxylic acids is 1. The number of carbonyl (C=O) groups is 3. The Morgan fingerprint density at radius 2 is 1.76 bits per heavy atom. The van der Waals surface area contributed by atoms with E-state index in [0.717, 1.165) is 10.5 Å². The average molecular weight is 311 g/mol. The molecular formula is C14H15ClN2O4. The molecule has 0 radical (unpaired) electrons. The maximum atomic E-state index is 12.6. The SMILES string of the molecule is NC(=O)CN(CC(=O)O)C(=O)C1(c2ccc(Cl)cc2)CC1. The zero-order chi connectivity index (χ0) is 15.6. The van der Waals surface area contributed by atoms with E-state index in [1.807, 2.05) is 0 Å². The fourth-order valence-corrected chi connectivity index (χ4v) is 2.50. The van der Waals surface area contributed by atoms with Gasteiger partial charge >= 0.3 is 5.97 Å². The number of hydrogen-bond donors (Lipinski definition) is 2. The van der Waals surface area contributed by atoms with Gasteiger partial charge in [0.25, 0.3) is 0 Å². The van der Waals surface area contributed by atoms with Gasteiger partial charge < -0.3 is 15.7 Å². The van der Waals surface area contributed by atoms with Gasteiger partial charge in [0, 0.05) is 5.02 Å². The van der Waals surface area contributed by atoms with Gasteiger partial charge in [-0.05, 0) is 30.5 Å². The Morgan fingerprint density at radius 1 is 1.19 bits per heavy atom. The Balaban J connectivity index is 2.24. The summed E-state index contributed by atoms with van der Waals surface area (Å²) in [6.07, 6.45) is 1.23. The summed E-state index contributed by atoms with van der Waals surface area (Å²) in [6, 6.07) is 6.85. The van der Waals surface area contributed by atoms with Crippen molar-refractivity contribution in [3.05, 3.63) is 34.9 Å². The highest BCUT2D eigenvalue weighted by atomic mass is 35.5. The molecule has 1 fully saturated rings. The monoisotopic (exact) mass is 310 g/mol. The third-order valence-corrected chi connectivity index (χ3v) is 3.77. The Bertz CT molecular complexity index is 565. The van der Waals surface area contributed by atoms with Crippen LogP contribution < -0.4 is 5.73 Å². The van der Waals surface area contributed by atoms with Crippen LogP contribution in [0, 0.1) is 0 Å². The van der Waals surface area contributed by atoms with E-state index in [2.05, 4.69) is 0 Å². The lowest BCUT2D eigenvalue weighted by Crippen LogP contribution is -2.46. The van der Waals surface area contributed by atoms with Crippen LogP contribution in [0.3, 0.4) is 0 Å². The van der Waals surface area contributed by atoms with Crippen LogP contribution in [-0.4, -0.2) is 40.9 Å². The van der Waals surface area contributed by atoms with Crippen molar-refractivity contribution in [3.8, 4) is 0 Å². The minimum Gasteiger partial charge on any atom is -0.480 e. The quantitative estimate of drug-likeness (QED) is 0.810. The van der Waals surface area contributed by atoms with E-state index < -0.39 is 30.4 Å². The molecule has 1 saturated carbocycles. The van der Waals surface area contributed by atoms with Crippen molar-refractivity contribution in [2.75, 3.05) is 13.1 Å². The molecule has 1 aromatic rings. The third-order valence-electron chi connectivity index (χ3n) is 3.52. The molecule has 0 spiro atoms. The zero-order valence-electron chi connectivity index (χ0n) is 11.2. The molecular weight excluding hydrogens is 296 g/mol. The van der Waals surface area contributed by atoms with Crippen molar-refractivity contribution in [1.29, 1.82) is 0 Å². The molecule has 112 valence electrons. The Labute approximate surface area is 126 Å². The smallest absolute Gasteiger partial charge is 0.323 e. The molecule has 6 nitrogen and oxygen atoms in total. The van der Waals surface area contributed by atoms with E-state index in [4.69, 9.17) is 22.4 Å². The second kappa shape index (κ2) is 5.73. The minimum atomic E-state index is -1.18. The third kappa shape index (κ3) is 3.33. The van der Waals surface area contributed by atoms with E-state index in [1.54, 1.807) is 24.3 Å². The second-order valence-corrected chi connectivity index (χ2v) is 5.55. The summed E-state index contributed by atoms with van der Waals surface area (Å²) < 4.78 is 0. The van der Waals surface area contributed by atoms with Crippen molar-refractivity contribution < 1.29 is 19.5 Å². The van der Waals surface area contributed by atoms with Gasteiger partial charge in [-0.3, -0.25) is 14.4 Å². The number of carbonyl (C=O) groups excluding carboxylic acids is 2. The minimum absolute atomic E-state index is 0.383. The Kier molecular flexibility index (Phi) is 4.18. The molecule has 2 amide bonds. The molecule has 0 aliphatic heterocycles. The highest BCUT2D eigenvalue weighted by Crippen LogP contribution is 2.49. The molecule has 0 bridgehead atoms. The highest BCUT2D eigenvalue weighted by Gasteiger charge is 2.53. The van der Waals surface area contributed by atoms with Gasteiger partial charge in [-0.15, -0.1) is 0 Å². The van der Waals surface area contributed by atoms with E-state index in [9.17, 15) is 14.4 Å². The number of amides is 2. The van der Waals surface area contributed by atoms with Crippen LogP contribution in [-0.2, 0) is 19.8 Å². The molecule has 3 N–H and O–H groups in total. The molecule has 0 saturated heterocycles. The molecule has 1 aliphatic carbocycles. The predicted molar refractivity (Wildman–Crippen MR) is 75.8 cm³/mol. The first-order valence-corrected chi connectivity index (χ1v) is 6.78. The molecule has 0 unspecified atom stereocenters. The molecule has 1 aromatic carbocycles. The highest BCUT2D eigenvalue weighted by molar-refractivity contribution is 6.30. The normalized spacial score (nSPS) is 15.3. The maximum Gasteiger partial charge on any atom is 0.323 e. The van der Waals surface area contributed by atoms with Crippen LogP contribution in [0.25, 0.3) is 0 Å². The van der Waals surface area contributed by atoms with Gasteiger partial charge in [-0.25, -0.2) is 0 Å². The van der Waals surface area contributed by atoms with Crippen LogP contribution >= 0.6 is 11.6 Å². The number of primary amides is 1.